The molecule has 346 valence electrons. The van der Waals surface area contributed by atoms with Crippen molar-refractivity contribution in [3.8, 4) is 0 Å². The van der Waals surface area contributed by atoms with Crippen LogP contribution >= 0.6 is 45.6 Å². The second kappa shape index (κ2) is 19.0. The summed E-state index contributed by atoms with van der Waals surface area (Å²) in [7, 11) is -7.50. The molecule has 0 radical (unpaired) electrons. The van der Waals surface area contributed by atoms with Crippen molar-refractivity contribution in [1.29, 1.82) is 0 Å². The Hall–Kier alpha value is -4.69. The maximum atomic E-state index is 15.1. The molecule has 2 aliphatic rings. The molecule has 0 spiro atoms. The second-order valence-corrected chi connectivity index (χ2v) is 26.2. The Balaban J connectivity index is 1.24. The van der Waals surface area contributed by atoms with E-state index in [9.17, 15) is 19.2 Å². The number of aryl methyl sites for hydroxylation is 3. The Labute approximate surface area is 409 Å². The van der Waals surface area contributed by atoms with Gasteiger partial charge in [-0.05, 0) is 202 Å². The number of carbonyl (C=O) groups is 4. The van der Waals surface area contributed by atoms with Crippen molar-refractivity contribution >= 4 is 78.8 Å². The number of fused-ring (bicyclic) bond motifs is 2. The van der Waals surface area contributed by atoms with Crippen LogP contribution in [0.15, 0.2) is 171 Å². The van der Waals surface area contributed by atoms with E-state index in [0.29, 0.717) is 44.2 Å². The Kier molecular flexibility index (Phi) is 13.8. The van der Waals surface area contributed by atoms with Gasteiger partial charge < -0.3 is 0 Å². The highest BCUT2D eigenvalue weighted by Gasteiger charge is 2.66. The zero-order chi connectivity index (χ0) is 48.1. The van der Waals surface area contributed by atoms with Gasteiger partial charge in [0.15, 0.2) is 17.3 Å². The minimum absolute atomic E-state index is 0.00428. The van der Waals surface area contributed by atoms with Crippen molar-refractivity contribution in [2.45, 2.75) is 119 Å². The highest BCUT2D eigenvalue weighted by molar-refractivity contribution is 8.33. The lowest BCUT2D eigenvalue weighted by Gasteiger charge is -2.42. The lowest BCUT2D eigenvalue weighted by molar-refractivity contribution is -0.128. The van der Waals surface area contributed by atoms with E-state index in [0.717, 1.165) is 52.5 Å². The Morgan fingerprint density at radius 3 is 1.15 bits per heavy atom. The van der Waals surface area contributed by atoms with Gasteiger partial charge in [0.25, 0.3) is 10.1 Å². The van der Waals surface area contributed by atoms with Crippen molar-refractivity contribution in [2.75, 3.05) is 5.75 Å². The van der Waals surface area contributed by atoms with Crippen molar-refractivity contribution in [3.05, 3.63) is 161 Å². The topological polar surface area (TPSA) is 112 Å². The highest BCUT2D eigenvalue weighted by Crippen LogP contribution is 2.71. The van der Waals surface area contributed by atoms with Gasteiger partial charge in [0.1, 0.15) is 5.78 Å². The molecular formula is C55H54O7S5. The van der Waals surface area contributed by atoms with E-state index in [-0.39, 0.29) is 29.1 Å². The Morgan fingerprint density at radius 2 is 0.881 bits per heavy atom. The van der Waals surface area contributed by atoms with E-state index in [4.69, 9.17) is 3.63 Å². The molecule has 2 saturated carbocycles. The van der Waals surface area contributed by atoms with E-state index >= 15 is 8.42 Å². The number of ketones is 4. The maximum Gasteiger partial charge on any atom is 0.278 e. The molecule has 67 heavy (non-hydrogen) atoms. The molecule has 0 amide bonds. The number of hydrogen-bond donors (Lipinski definition) is 0. The summed E-state index contributed by atoms with van der Waals surface area (Å²) in [6, 6.07) is 40.9. The fraction of sp³-hybridized carbons (Fsp3) is 0.273. The van der Waals surface area contributed by atoms with Crippen LogP contribution in [-0.4, -0.2) is 37.3 Å². The lowest BCUT2D eigenvalue weighted by atomic mass is 9.70. The van der Waals surface area contributed by atoms with Crippen molar-refractivity contribution in [3.63, 3.8) is 0 Å². The van der Waals surface area contributed by atoms with Crippen LogP contribution in [-0.2, 0) is 18.5 Å². The van der Waals surface area contributed by atoms with Crippen molar-refractivity contribution < 1.29 is 31.2 Å². The molecule has 0 heterocycles. The average Bonchev–Trinajstić information content (AvgIpc) is 3.60. The maximum absolute atomic E-state index is 15.1. The molecule has 6 aromatic rings. The van der Waals surface area contributed by atoms with Crippen LogP contribution in [0.1, 0.15) is 102 Å². The van der Waals surface area contributed by atoms with Gasteiger partial charge >= 0.3 is 0 Å². The summed E-state index contributed by atoms with van der Waals surface area (Å²) >= 11 is 4.64. The third-order valence-corrected chi connectivity index (χ3v) is 22.0. The molecule has 12 heteroatoms. The Bertz CT molecular complexity index is 2790. The molecule has 0 N–H and O–H groups in total. The van der Waals surface area contributed by atoms with Gasteiger partial charge in [-0.1, -0.05) is 67.3 Å². The van der Waals surface area contributed by atoms with Crippen LogP contribution in [0.4, 0.5) is 0 Å². The average molecular weight is 987 g/mol. The van der Waals surface area contributed by atoms with E-state index in [1.165, 1.54) is 0 Å². The second-order valence-electron chi connectivity index (χ2n) is 18.3. The van der Waals surface area contributed by atoms with Gasteiger partial charge in [-0.15, -0.1) is 0 Å². The summed E-state index contributed by atoms with van der Waals surface area (Å²) in [4.78, 5) is 58.0. The van der Waals surface area contributed by atoms with Gasteiger partial charge in [0, 0.05) is 67.2 Å². The number of hydrogen-bond acceptors (Lipinski definition) is 10. The summed E-state index contributed by atoms with van der Waals surface area (Å²) < 4.78 is 37.2. The van der Waals surface area contributed by atoms with Gasteiger partial charge in [-0.2, -0.15) is 8.42 Å². The standard InChI is InChI=1S/C55H54O7S5/c1-34-29-44(15-24-50(34)37(4)56)63-41-9-18-47(19-10-41)67(62-66(60,61)33-55-28-27-40(32-53(55)59)54(55,7)8,48-20-11-42(12-21-48)64-45-16-25-51(38(5)57)35(2)30-45)49-22-13-43(14-23-49)65-46-17-26-52(39(6)58)36(3)31-46/h9-26,29-31,40H,27-28,32-33H2,1-8H3. The molecule has 2 bridgehead atoms. The molecule has 6 aromatic carbocycles. The molecule has 2 atom stereocenters. The third kappa shape index (κ3) is 9.67. The van der Waals surface area contributed by atoms with Crippen LogP contribution in [0.25, 0.3) is 0 Å². The summed E-state index contributed by atoms with van der Waals surface area (Å²) in [6.45, 7) is 14.5. The normalized spacial score (nSPS) is 18.0. The van der Waals surface area contributed by atoms with E-state index in [1.807, 2.05) is 162 Å². The molecule has 0 aromatic heterocycles. The SMILES string of the molecule is CC(=O)c1ccc(Sc2ccc(S(OS(=O)(=O)CC34CCC(CC3=O)C4(C)C)(c3ccc(Sc4ccc(C(C)=O)c(C)c4)cc3)c3ccc(Sc4ccc(C(C)=O)c(C)c4)cc3)cc2)cc1C. The monoisotopic (exact) mass is 986 g/mol. The Morgan fingerprint density at radius 1 is 0.552 bits per heavy atom. The molecule has 2 unspecified atom stereocenters. The largest absolute Gasteiger partial charge is 0.299 e. The molecular weight excluding hydrogens is 933 g/mol. The first-order valence-corrected chi connectivity index (χ1v) is 27.8. The molecule has 0 saturated heterocycles. The van der Waals surface area contributed by atoms with Gasteiger partial charge in [-0.3, -0.25) is 19.2 Å². The van der Waals surface area contributed by atoms with Crippen molar-refractivity contribution in [2.24, 2.45) is 16.7 Å². The summed E-state index contributed by atoms with van der Waals surface area (Å²) in [5, 5.41) is 0. The lowest BCUT2D eigenvalue weighted by Crippen LogP contribution is -2.42. The molecule has 0 aliphatic heterocycles. The van der Waals surface area contributed by atoms with E-state index in [2.05, 4.69) is 0 Å². The summed E-state index contributed by atoms with van der Waals surface area (Å²) in [5.41, 5.74) is 3.16. The first-order chi connectivity index (χ1) is 31.7. The molecule has 8 rings (SSSR count). The zero-order valence-electron chi connectivity index (χ0n) is 38.9. The number of Topliss-reactive ketones (excluding diaryl/α,β-unsaturated/α-hetero) is 4. The van der Waals surface area contributed by atoms with Gasteiger partial charge in [0.05, 0.1) is 11.2 Å². The predicted octanol–water partition coefficient (Wildman–Crippen LogP) is 14.6. The molecule has 2 fully saturated rings. The van der Waals surface area contributed by atoms with Gasteiger partial charge in [-0.25, -0.2) is 3.63 Å². The quantitative estimate of drug-likeness (QED) is 0.0869. The third-order valence-electron chi connectivity index (χ3n) is 13.7. The number of carbonyl (C=O) groups excluding carboxylic acids is 4. The minimum atomic E-state index is -4.42. The molecule has 7 nitrogen and oxygen atoms in total. The van der Waals surface area contributed by atoms with Gasteiger partial charge in [0.2, 0.25) is 0 Å². The number of rotatable bonds is 16. The van der Waals surface area contributed by atoms with Crippen LogP contribution in [0.3, 0.4) is 0 Å². The zero-order valence-corrected chi connectivity index (χ0v) is 43.0. The predicted molar refractivity (Wildman–Crippen MR) is 271 cm³/mol. The fourth-order valence-electron chi connectivity index (χ4n) is 9.91. The minimum Gasteiger partial charge on any atom is -0.299 e. The van der Waals surface area contributed by atoms with Crippen LogP contribution in [0, 0.1) is 37.5 Å². The summed E-state index contributed by atoms with van der Waals surface area (Å²) in [5.74, 6) is -0.258. The smallest absolute Gasteiger partial charge is 0.278 e. The first-order valence-electron chi connectivity index (χ1n) is 22.2. The molecule has 2 aliphatic carbocycles. The van der Waals surface area contributed by atoms with Crippen molar-refractivity contribution in [1.82, 2.24) is 0 Å². The summed E-state index contributed by atoms with van der Waals surface area (Å²) in [6.07, 6.45) is 1.68. The van der Waals surface area contributed by atoms with E-state index in [1.54, 1.807) is 56.1 Å². The van der Waals surface area contributed by atoms with Crippen LogP contribution in [0.2, 0.25) is 0 Å². The number of benzene rings is 6. The first kappa shape index (κ1) is 48.8. The van der Waals surface area contributed by atoms with Crippen LogP contribution < -0.4 is 0 Å². The van der Waals surface area contributed by atoms with Crippen LogP contribution in [0.5, 0.6) is 0 Å². The fourth-order valence-corrected chi connectivity index (χ4v) is 18.7. The highest BCUT2D eigenvalue weighted by atomic mass is 32.3. The van der Waals surface area contributed by atoms with E-state index < -0.39 is 37.0 Å².